The molecule has 0 atom stereocenters. The predicted octanol–water partition coefficient (Wildman–Crippen LogP) is 11.9. The lowest BCUT2D eigenvalue weighted by molar-refractivity contribution is 0.667. The second-order valence-corrected chi connectivity index (χ2v) is 13.0. The average molecular weight is 653 g/mol. The molecule has 0 saturated carbocycles. The highest BCUT2D eigenvalue weighted by Crippen LogP contribution is 2.42. The third-order valence-electron chi connectivity index (χ3n) is 10.1. The summed E-state index contributed by atoms with van der Waals surface area (Å²) in [5, 5.41) is 5.93. The Labute approximate surface area is 292 Å². The van der Waals surface area contributed by atoms with Crippen molar-refractivity contribution in [1.82, 2.24) is 19.1 Å². The lowest BCUT2D eigenvalue weighted by atomic mass is 10.1. The van der Waals surface area contributed by atoms with Crippen LogP contribution in [0, 0.1) is 0 Å². The molecule has 11 aromatic rings. The molecule has 238 valence electrons. The van der Waals surface area contributed by atoms with E-state index in [2.05, 4.69) is 143 Å². The molecule has 5 nitrogen and oxygen atoms in total. The molecule has 0 spiro atoms. The van der Waals surface area contributed by atoms with Crippen LogP contribution in [0.15, 0.2) is 174 Å². The standard InChI is InChI=1S/C46H28N4O/c1-3-13-29(14-4-1)42-45-43(36-19-9-12-22-40(36)51-45)48-46(47-42)30-23-25-32(26-24-30)49-38-21-11-8-18-35(38)41-39(49)28-27-34-33-17-7-10-20-37(33)50(44(34)41)31-15-5-2-6-16-31/h1-28H. The number of hydrogen-bond donors (Lipinski definition) is 0. The number of para-hydroxylation sites is 4. The Bertz CT molecular complexity index is 3120. The van der Waals surface area contributed by atoms with Crippen molar-refractivity contribution >= 4 is 65.7 Å². The topological polar surface area (TPSA) is 48.8 Å². The minimum Gasteiger partial charge on any atom is -0.452 e. The van der Waals surface area contributed by atoms with Gasteiger partial charge in [-0.15, -0.1) is 0 Å². The molecule has 0 saturated heterocycles. The van der Waals surface area contributed by atoms with Gasteiger partial charge in [0.2, 0.25) is 0 Å². The van der Waals surface area contributed by atoms with Gasteiger partial charge in [-0.3, -0.25) is 0 Å². The zero-order valence-electron chi connectivity index (χ0n) is 27.4. The molecule has 0 unspecified atom stereocenters. The molecule has 0 aliphatic carbocycles. The molecule has 51 heavy (non-hydrogen) atoms. The van der Waals surface area contributed by atoms with E-state index in [1.807, 2.05) is 36.4 Å². The number of fused-ring (bicyclic) bond motifs is 10. The third-order valence-corrected chi connectivity index (χ3v) is 10.1. The van der Waals surface area contributed by atoms with Gasteiger partial charge < -0.3 is 13.6 Å². The number of aromatic nitrogens is 4. The summed E-state index contributed by atoms with van der Waals surface area (Å²) in [6.07, 6.45) is 0. The molecule has 7 aromatic carbocycles. The van der Waals surface area contributed by atoms with E-state index in [1.54, 1.807) is 0 Å². The van der Waals surface area contributed by atoms with E-state index in [4.69, 9.17) is 14.4 Å². The summed E-state index contributed by atoms with van der Waals surface area (Å²) in [6.45, 7) is 0. The van der Waals surface area contributed by atoms with Gasteiger partial charge in [-0.2, -0.15) is 0 Å². The Hall–Kier alpha value is -6.98. The Morgan fingerprint density at radius 3 is 1.82 bits per heavy atom. The highest BCUT2D eigenvalue weighted by Gasteiger charge is 2.21. The van der Waals surface area contributed by atoms with Gasteiger partial charge in [0.15, 0.2) is 11.4 Å². The summed E-state index contributed by atoms with van der Waals surface area (Å²) in [6, 6.07) is 59.6. The van der Waals surface area contributed by atoms with Crippen LogP contribution >= 0.6 is 0 Å². The maximum Gasteiger partial charge on any atom is 0.180 e. The van der Waals surface area contributed by atoms with Crippen molar-refractivity contribution < 1.29 is 4.42 Å². The second kappa shape index (κ2) is 10.8. The molecule has 0 radical (unpaired) electrons. The van der Waals surface area contributed by atoms with E-state index in [0.717, 1.165) is 55.7 Å². The highest BCUT2D eigenvalue weighted by molar-refractivity contribution is 6.26. The van der Waals surface area contributed by atoms with Gasteiger partial charge in [-0.25, -0.2) is 9.97 Å². The van der Waals surface area contributed by atoms with Gasteiger partial charge in [-0.1, -0.05) is 103 Å². The van der Waals surface area contributed by atoms with Crippen LogP contribution in [-0.4, -0.2) is 19.1 Å². The van der Waals surface area contributed by atoms with Crippen molar-refractivity contribution in [2.24, 2.45) is 0 Å². The van der Waals surface area contributed by atoms with E-state index < -0.39 is 0 Å². The van der Waals surface area contributed by atoms with Crippen LogP contribution in [0.4, 0.5) is 0 Å². The quantitative estimate of drug-likeness (QED) is 0.190. The largest absolute Gasteiger partial charge is 0.452 e. The first-order chi connectivity index (χ1) is 25.3. The van der Waals surface area contributed by atoms with Crippen LogP contribution in [-0.2, 0) is 0 Å². The van der Waals surface area contributed by atoms with Crippen molar-refractivity contribution in [2.75, 3.05) is 0 Å². The summed E-state index contributed by atoms with van der Waals surface area (Å²) in [4.78, 5) is 10.2. The number of furan rings is 1. The molecule has 5 heteroatoms. The molecule has 11 rings (SSSR count). The maximum atomic E-state index is 6.33. The highest BCUT2D eigenvalue weighted by atomic mass is 16.3. The Balaban J connectivity index is 1.13. The number of nitrogens with zero attached hydrogens (tertiary/aromatic N) is 4. The van der Waals surface area contributed by atoms with Gasteiger partial charge in [-0.05, 0) is 66.7 Å². The predicted molar refractivity (Wildman–Crippen MR) is 209 cm³/mol. The van der Waals surface area contributed by atoms with Crippen LogP contribution in [0.1, 0.15) is 0 Å². The Kier molecular flexibility index (Phi) is 5.89. The molecule has 0 amide bonds. The van der Waals surface area contributed by atoms with Gasteiger partial charge in [0, 0.05) is 49.4 Å². The molecule has 0 aliphatic rings. The van der Waals surface area contributed by atoms with Crippen LogP contribution in [0.5, 0.6) is 0 Å². The summed E-state index contributed by atoms with van der Waals surface area (Å²) < 4.78 is 11.1. The van der Waals surface area contributed by atoms with Crippen molar-refractivity contribution in [3.63, 3.8) is 0 Å². The van der Waals surface area contributed by atoms with E-state index in [-0.39, 0.29) is 0 Å². The third kappa shape index (κ3) is 4.09. The van der Waals surface area contributed by atoms with Gasteiger partial charge >= 0.3 is 0 Å². The molecule has 4 aromatic heterocycles. The lowest BCUT2D eigenvalue weighted by Gasteiger charge is -2.11. The zero-order valence-corrected chi connectivity index (χ0v) is 27.4. The first kappa shape index (κ1) is 27.9. The SMILES string of the molecule is c1ccc(-c2nc(-c3ccc(-n4c5ccccc5c5c4ccc4c6ccccc6n(-c6ccccc6)c45)cc3)nc3c2oc2ccccc23)cc1. The Morgan fingerprint density at radius 2 is 1.04 bits per heavy atom. The molecule has 0 N–H and O–H groups in total. The summed E-state index contributed by atoms with van der Waals surface area (Å²) in [5.41, 5.74) is 12.0. The average Bonchev–Trinajstić information content (AvgIpc) is 3.86. The fraction of sp³-hybridized carbons (Fsp3) is 0. The lowest BCUT2D eigenvalue weighted by Crippen LogP contribution is -1.96. The Morgan fingerprint density at radius 1 is 0.412 bits per heavy atom. The van der Waals surface area contributed by atoms with Crippen molar-refractivity contribution in [3.8, 4) is 34.0 Å². The second-order valence-electron chi connectivity index (χ2n) is 13.0. The summed E-state index contributed by atoms with van der Waals surface area (Å²) in [5.74, 6) is 0.663. The van der Waals surface area contributed by atoms with Crippen molar-refractivity contribution in [3.05, 3.63) is 170 Å². The summed E-state index contributed by atoms with van der Waals surface area (Å²) in [7, 11) is 0. The number of hydrogen-bond acceptors (Lipinski definition) is 3. The first-order valence-corrected chi connectivity index (χ1v) is 17.2. The molecule has 0 fully saturated rings. The number of rotatable bonds is 4. The first-order valence-electron chi connectivity index (χ1n) is 17.2. The van der Waals surface area contributed by atoms with E-state index in [9.17, 15) is 0 Å². The molecule has 0 bridgehead atoms. The maximum absolute atomic E-state index is 6.33. The van der Waals surface area contributed by atoms with Crippen molar-refractivity contribution in [2.45, 2.75) is 0 Å². The van der Waals surface area contributed by atoms with Gasteiger partial charge in [0.1, 0.15) is 16.8 Å². The molecule has 0 aliphatic heterocycles. The fourth-order valence-electron chi connectivity index (χ4n) is 7.90. The van der Waals surface area contributed by atoms with Crippen LogP contribution < -0.4 is 0 Å². The smallest absolute Gasteiger partial charge is 0.180 e. The van der Waals surface area contributed by atoms with Gasteiger partial charge in [0.25, 0.3) is 0 Å². The molecular weight excluding hydrogens is 625 g/mol. The van der Waals surface area contributed by atoms with Crippen LogP contribution in [0.2, 0.25) is 0 Å². The van der Waals surface area contributed by atoms with E-state index >= 15 is 0 Å². The number of benzene rings is 7. The zero-order chi connectivity index (χ0) is 33.5. The minimum atomic E-state index is 0.663. The van der Waals surface area contributed by atoms with Gasteiger partial charge in [0.05, 0.1) is 22.1 Å². The minimum absolute atomic E-state index is 0.663. The normalized spacial score (nSPS) is 11.9. The summed E-state index contributed by atoms with van der Waals surface area (Å²) >= 11 is 0. The van der Waals surface area contributed by atoms with Crippen LogP contribution in [0.25, 0.3) is 99.7 Å². The van der Waals surface area contributed by atoms with Crippen LogP contribution in [0.3, 0.4) is 0 Å². The monoisotopic (exact) mass is 652 g/mol. The molecule has 4 heterocycles. The fourth-order valence-corrected chi connectivity index (χ4v) is 7.90. The van der Waals surface area contributed by atoms with Crippen molar-refractivity contribution in [1.29, 1.82) is 0 Å². The molecular formula is C46H28N4O. The van der Waals surface area contributed by atoms with E-state index in [1.165, 1.54) is 32.6 Å². The van der Waals surface area contributed by atoms with E-state index in [0.29, 0.717) is 11.4 Å².